The van der Waals surface area contributed by atoms with Crippen molar-refractivity contribution in [3.8, 4) is 11.5 Å². The van der Waals surface area contributed by atoms with Crippen molar-refractivity contribution in [1.29, 1.82) is 0 Å². The third-order valence-corrected chi connectivity index (χ3v) is 3.55. The number of carbonyl (C=O) groups excluding carboxylic acids is 2. The van der Waals surface area contributed by atoms with Gasteiger partial charge in [-0.05, 0) is 36.2 Å². The average Bonchev–Trinajstić information content (AvgIpc) is 2.62. The van der Waals surface area contributed by atoms with Crippen molar-refractivity contribution in [2.75, 3.05) is 13.7 Å². The molecule has 0 atom stereocenters. The van der Waals surface area contributed by atoms with Gasteiger partial charge in [0, 0.05) is 0 Å². The molecule has 25 heavy (non-hydrogen) atoms. The van der Waals surface area contributed by atoms with E-state index in [2.05, 4.69) is 10.9 Å². The third kappa shape index (κ3) is 6.18. The number of benzene rings is 2. The summed E-state index contributed by atoms with van der Waals surface area (Å²) in [6.07, 6.45) is 0.321. The quantitative estimate of drug-likeness (QED) is 0.756. The monoisotopic (exact) mass is 342 g/mol. The Morgan fingerprint density at radius 3 is 2.32 bits per heavy atom. The van der Waals surface area contributed by atoms with Gasteiger partial charge in [-0.1, -0.05) is 30.3 Å². The predicted molar refractivity (Wildman–Crippen MR) is 94.3 cm³/mol. The molecule has 132 valence electrons. The Labute approximate surface area is 147 Å². The smallest absolute Gasteiger partial charge is 0.242 e. The van der Waals surface area contributed by atoms with Crippen molar-refractivity contribution < 1.29 is 19.1 Å². The molecule has 2 N–H and O–H groups in total. The first-order chi connectivity index (χ1) is 12.1. The molecule has 0 heterocycles. The van der Waals surface area contributed by atoms with Crippen molar-refractivity contribution in [3.63, 3.8) is 0 Å². The zero-order chi connectivity index (χ0) is 18.1. The number of hydrazine groups is 1. The number of carbonyl (C=O) groups is 2. The number of nitrogens with one attached hydrogen (secondary N) is 2. The molecule has 0 bridgehead atoms. The molecule has 0 aromatic heterocycles. The molecular formula is C19H22N2O4. The van der Waals surface area contributed by atoms with Gasteiger partial charge in [-0.2, -0.15) is 0 Å². The highest BCUT2D eigenvalue weighted by atomic mass is 16.5. The molecule has 6 heteroatoms. The molecule has 2 rings (SSSR count). The van der Waals surface area contributed by atoms with E-state index in [0.717, 1.165) is 22.6 Å². The van der Waals surface area contributed by atoms with Gasteiger partial charge in [0.1, 0.15) is 11.5 Å². The zero-order valence-corrected chi connectivity index (χ0v) is 14.4. The molecule has 0 spiro atoms. The molecular weight excluding hydrogens is 320 g/mol. The average molecular weight is 342 g/mol. The Morgan fingerprint density at radius 2 is 1.64 bits per heavy atom. The van der Waals surface area contributed by atoms with E-state index in [1.54, 1.807) is 31.4 Å². The molecule has 0 saturated carbocycles. The lowest BCUT2D eigenvalue weighted by molar-refractivity contribution is -0.128. The summed E-state index contributed by atoms with van der Waals surface area (Å²) in [5, 5.41) is 0. The second-order valence-electron chi connectivity index (χ2n) is 5.49. The molecule has 6 nitrogen and oxygen atoms in total. The highest BCUT2D eigenvalue weighted by Gasteiger charge is 2.07. The fourth-order valence-electron chi connectivity index (χ4n) is 2.15. The van der Waals surface area contributed by atoms with Gasteiger partial charge < -0.3 is 9.47 Å². The van der Waals surface area contributed by atoms with Crippen molar-refractivity contribution >= 4 is 11.8 Å². The maximum atomic E-state index is 11.8. The SMILES string of the molecule is COc1ccc(CC(=O)NNC(=O)CCOc2ccccc2C)cc1. The number of amides is 2. The van der Waals surface area contributed by atoms with Crippen LogP contribution in [0.1, 0.15) is 17.5 Å². The van der Waals surface area contributed by atoms with Crippen LogP contribution >= 0.6 is 0 Å². The first kappa shape index (κ1) is 18.3. The Morgan fingerprint density at radius 1 is 0.960 bits per heavy atom. The molecule has 0 radical (unpaired) electrons. The van der Waals surface area contributed by atoms with Gasteiger partial charge in [0.15, 0.2) is 0 Å². The first-order valence-electron chi connectivity index (χ1n) is 7.97. The van der Waals surface area contributed by atoms with Crippen molar-refractivity contribution in [1.82, 2.24) is 10.9 Å². The molecule has 2 aromatic rings. The fraction of sp³-hybridized carbons (Fsp3) is 0.263. The summed E-state index contributed by atoms with van der Waals surface area (Å²) in [5.74, 6) is 0.875. The third-order valence-electron chi connectivity index (χ3n) is 3.55. The number of aryl methyl sites for hydroxylation is 1. The standard InChI is InChI=1S/C19H22N2O4/c1-14-5-3-4-6-17(14)25-12-11-18(22)20-21-19(23)13-15-7-9-16(24-2)10-8-15/h3-10H,11-13H2,1-2H3,(H,20,22)(H,21,23). The molecule has 2 aromatic carbocycles. The minimum Gasteiger partial charge on any atom is -0.497 e. The Hall–Kier alpha value is -3.02. The maximum absolute atomic E-state index is 11.8. The van der Waals surface area contributed by atoms with Gasteiger partial charge in [-0.15, -0.1) is 0 Å². The van der Waals surface area contributed by atoms with E-state index in [1.165, 1.54) is 0 Å². The predicted octanol–water partition coefficient (Wildman–Crippen LogP) is 2.16. The largest absolute Gasteiger partial charge is 0.497 e. The van der Waals surface area contributed by atoms with Crippen LogP contribution in [0.15, 0.2) is 48.5 Å². The summed E-state index contributed by atoms with van der Waals surface area (Å²) in [5.41, 5.74) is 6.62. The number of para-hydroxylation sites is 1. The zero-order valence-electron chi connectivity index (χ0n) is 14.4. The van der Waals surface area contributed by atoms with E-state index < -0.39 is 0 Å². The lowest BCUT2D eigenvalue weighted by Gasteiger charge is -2.10. The lowest BCUT2D eigenvalue weighted by atomic mass is 10.1. The Balaban J connectivity index is 1.66. The molecule has 0 unspecified atom stereocenters. The van der Waals surface area contributed by atoms with Crippen LogP contribution in [0, 0.1) is 6.92 Å². The molecule has 0 saturated heterocycles. The number of rotatable bonds is 7. The Bertz CT molecular complexity index is 714. The summed E-state index contributed by atoms with van der Waals surface area (Å²) in [6.45, 7) is 2.18. The van der Waals surface area contributed by atoms with Crippen molar-refractivity contribution in [3.05, 3.63) is 59.7 Å². The second kappa shape index (κ2) is 9.32. The summed E-state index contributed by atoms with van der Waals surface area (Å²) < 4.78 is 10.6. The Kier molecular flexibility index (Phi) is 6.83. The summed E-state index contributed by atoms with van der Waals surface area (Å²) in [7, 11) is 1.58. The summed E-state index contributed by atoms with van der Waals surface area (Å²) >= 11 is 0. The van der Waals surface area contributed by atoms with E-state index >= 15 is 0 Å². The van der Waals surface area contributed by atoms with Crippen LogP contribution in [0.25, 0.3) is 0 Å². The van der Waals surface area contributed by atoms with Crippen molar-refractivity contribution in [2.24, 2.45) is 0 Å². The van der Waals surface area contributed by atoms with Crippen LogP contribution in [-0.4, -0.2) is 25.5 Å². The van der Waals surface area contributed by atoms with Gasteiger partial charge in [0.2, 0.25) is 11.8 Å². The normalized spacial score (nSPS) is 10.0. The highest BCUT2D eigenvalue weighted by Crippen LogP contribution is 2.16. The highest BCUT2D eigenvalue weighted by molar-refractivity contribution is 5.83. The van der Waals surface area contributed by atoms with Gasteiger partial charge >= 0.3 is 0 Å². The number of ether oxygens (including phenoxy) is 2. The van der Waals surface area contributed by atoms with Gasteiger partial charge in [-0.25, -0.2) is 0 Å². The van der Waals surface area contributed by atoms with Crippen LogP contribution in [-0.2, 0) is 16.0 Å². The van der Waals surface area contributed by atoms with Crippen LogP contribution < -0.4 is 20.3 Å². The number of hydrogen-bond acceptors (Lipinski definition) is 4. The van der Waals surface area contributed by atoms with Crippen LogP contribution in [0.4, 0.5) is 0 Å². The minimum atomic E-state index is -0.309. The van der Waals surface area contributed by atoms with Gasteiger partial charge in [0.25, 0.3) is 0 Å². The van der Waals surface area contributed by atoms with Gasteiger partial charge in [-0.3, -0.25) is 20.4 Å². The van der Waals surface area contributed by atoms with Crippen LogP contribution in [0.5, 0.6) is 11.5 Å². The molecule has 2 amide bonds. The summed E-state index contributed by atoms with van der Waals surface area (Å²) in [6, 6.07) is 14.8. The van der Waals surface area contributed by atoms with E-state index in [4.69, 9.17) is 9.47 Å². The van der Waals surface area contributed by atoms with Crippen LogP contribution in [0.3, 0.4) is 0 Å². The molecule has 0 aliphatic rings. The number of hydrogen-bond donors (Lipinski definition) is 2. The molecule has 0 aliphatic carbocycles. The molecule has 0 aliphatic heterocycles. The second-order valence-corrected chi connectivity index (χ2v) is 5.49. The van der Waals surface area contributed by atoms with E-state index in [0.29, 0.717) is 0 Å². The lowest BCUT2D eigenvalue weighted by Crippen LogP contribution is -2.42. The van der Waals surface area contributed by atoms with E-state index in [-0.39, 0.29) is 31.3 Å². The van der Waals surface area contributed by atoms with E-state index in [9.17, 15) is 9.59 Å². The van der Waals surface area contributed by atoms with Crippen LogP contribution in [0.2, 0.25) is 0 Å². The fourth-order valence-corrected chi connectivity index (χ4v) is 2.15. The summed E-state index contributed by atoms with van der Waals surface area (Å²) in [4.78, 5) is 23.6. The maximum Gasteiger partial charge on any atom is 0.242 e. The van der Waals surface area contributed by atoms with Gasteiger partial charge in [0.05, 0.1) is 26.6 Å². The van der Waals surface area contributed by atoms with E-state index in [1.807, 2.05) is 31.2 Å². The topological polar surface area (TPSA) is 76.7 Å². The van der Waals surface area contributed by atoms with Crippen molar-refractivity contribution in [2.45, 2.75) is 19.8 Å². The first-order valence-corrected chi connectivity index (χ1v) is 7.97. The number of methoxy groups -OCH3 is 1. The minimum absolute atomic E-state index is 0.150. The molecule has 0 fully saturated rings.